The summed E-state index contributed by atoms with van der Waals surface area (Å²) in [4.78, 5) is 2.82. The smallest absolute Gasteiger partial charge is 0.0412 e. The fraction of sp³-hybridized carbons (Fsp3) is 0.412. The van der Waals surface area contributed by atoms with Crippen LogP contribution in [0.15, 0.2) is 30.3 Å². The summed E-state index contributed by atoms with van der Waals surface area (Å²) in [6.07, 6.45) is 2.41. The summed E-state index contributed by atoms with van der Waals surface area (Å²) in [7, 11) is 2.05. The van der Waals surface area contributed by atoms with Crippen LogP contribution in [0.5, 0.6) is 0 Å². The molecule has 0 aliphatic heterocycles. The van der Waals surface area contributed by atoms with Gasteiger partial charge in [-0.1, -0.05) is 37.1 Å². The van der Waals surface area contributed by atoms with E-state index in [4.69, 9.17) is 0 Å². The van der Waals surface area contributed by atoms with E-state index in [9.17, 15) is 0 Å². The van der Waals surface area contributed by atoms with Gasteiger partial charge in [-0.15, -0.1) is 11.3 Å². The van der Waals surface area contributed by atoms with Crippen molar-refractivity contribution in [2.45, 2.75) is 39.7 Å². The Balaban J connectivity index is 2.29. The van der Waals surface area contributed by atoms with Crippen LogP contribution < -0.4 is 5.32 Å². The topological polar surface area (TPSA) is 12.0 Å². The largest absolute Gasteiger partial charge is 0.312 e. The lowest BCUT2D eigenvalue weighted by Crippen LogP contribution is -2.14. The van der Waals surface area contributed by atoms with Gasteiger partial charge < -0.3 is 5.32 Å². The average molecular weight is 273 g/mol. The van der Waals surface area contributed by atoms with Crippen molar-refractivity contribution in [2.75, 3.05) is 7.05 Å². The molecular formula is C17H23NS. The fourth-order valence-corrected chi connectivity index (χ4v) is 3.74. The Labute approximate surface area is 120 Å². The van der Waals surface area contributed by atoms with Crippen molar-refractivity contribution in [3.05, 3.63) is 46.3 Å². The first-order valence-electron chi connectivity index (χ1n) is 7.00. The van der Waals surface area contributed by atoms with Gasteiger partial charge in [0.05, 0.1) is 0 Å². The number of rotatable bonds is 5. The number of nitrogens with one attached hydrogen (secondary N) is 1. The molecule has 0 saturated heterocycles. The number of thiophene rings is 1. The highest BCUT2D eigenvalue weighted by Crippen LogP contribution is 2.34. The van der Waals surface area contributed by atoms with E-state index < -0.39 is 0 Å². The highest BCUT2D eigenvalue weighted by Gasteiger charge is 2.12. The van der Waals surface area contributed by atoms with E-state index in [1.807, 2.05) is 11.3 Å². The lowest BCUT2D eigenvalue weighted by atomic mass is 10.0. The van der Waals surface area contributed by atoms with Gasteiger partial charge in [0, 0.05) is 15.8 Å². The van der Waals surface area contributed by atoms with Crippen molar-refractivity contribution < 1.29 is 0 Å². The molecule has 19 heavy (non-hydrogen) atoms. The number of benzene rings is 1. The molecule has 0 aliphatic rings. The van der Waals surface area contributed by atoms with E-state index in [2.05, 4.69) is 63.5 Å². The molecule has 2 aromatic rings. The summed E-state index contributed by atoms with van der Waals surface area (Å²) in [5.74, 6) is 0. The minimum absolute atomic E-state index is 0.495. The highest BCUT2D eigenvalue weighted by atomic mass is 32.1. The molecule has 0 aliphatic carbocycles. The standard InChI is InChI=1S/C17H23NS/c1-5-6-15(18-4)17-10-9-16(19-17)14-8-7-12(2)11-13(14)3/h7-11,15,18H,5-6H2,1-4H3. The van der Waals surface area contributed by atoms with Gasteiger partial charge in [0.15, 0.2) is 0 Å². The average Bonchev–Trinajstić information content (AvgIpc) is 2.85. The Hall–Kier alpha value is -1.12. The minimum Gasteiger partial charge on any atom is -0.312 e. The molecule has 1 heterocycles. The third kappa shape index (κ3) is 3.26. The van der Waals surface area contributed by atoms with Gasteiger partial charge in [-0.05, 0) is 50.6 Å². The SMILES string of the molecule is CCCC(NC)c1ccc(-c2ccc(C)cc2C)s1. The predicted octanol–water partition coefficient (Wildman–Crippen LogP) is 5.09. The van der Waals surface area contributed by atoms with Gasteiger partial charge in [0.1, 0.15) is 0 Å². The van der Waals surface area contributed by atoms with E-state index in [-0.39, 0.29) is 0 Å². The summed E-state index contributed by atoms with van der Waals surface area (Å²) in [5.41, 5.74) is 4.07. The second-order valence-corrected chi connectivity index (χ2v) is 6.27. The van der Waals surface area contributed by atoms with Crippen molar-refractivity contribution in [2.24, 2.45) is 0 Å². The molecule has 1 aromatic heterocycles. The molecule has 1 nitrogen and oxygen atoms in total. The van der Waals surface area contributed by atoms with Crippen LogP contribution in [0.3, 0.4) is 0 Å². The molecular weight excluding hydrogens is 250 g/mol. The van der Waals surface area contributed by atoms with Crippen LogP contribution in [0.4, 0.5) is 0 Å². The molecule has 1 aromatic carbocycles. The lowest BCUT2D eigenvalue weighted by Gasteiger charge is -2.12. The Morgan fingerprint density at radius 2 is 1.95 bits per heavy atom. The van der Waals surface area contributed by atoms with Gasteiger partial charge in [-0.3, -0.25) is 0 Å². The second-order valence-electron chi connectivity index (χ2n) is 5.15. The number of hydrogen-bond donors (Lipinski definition) is 1. The van der Waals surface area contributed by atoms with Gasteiger partial charge in [-0.2, -0.15) is 0 Å². The maximum atomic E-state index is 3.42. The molecule has 102 valence electrons. The number of hydrogen-bond acceptors (Lipinski definition) is 2. The normalized spacial score (nSPS) is 12.6. The van der Waals surface area contributed by atoms with Crippen LogP contribution in [0, 0.1) is 13.8 Å². The third-order valence-corrected chi connectivity index (χ3v) is 4.78. The highest BCUT2D eigenvalue weighted by molar-refractivity contribution is 7.15. The first-order chi connectivity index (χ1) is 9.15. The second kappa shape index (κ2) is 6.36. The van der Waals surface area contributed by atoms with E-state index in [0.717, 1.165) is 0 Å². The fourth-order valence-electron chi connectivity index (χ4n) is 2.49. The molecule has 0 saturated carbocycles. The zero-order chi connectivity index (χ0) is 13.8. The molecule has 2 heteroatoms. The maximum Gasteiger partial charge on any atom is 0.0412 e. The third-order valence-electron chi connectivity index (χ3n) is 3.54. The van der Waals surface area contributed by atoms with Crippen LogP contribution in [0.25, 0.3) is 10.4 Å². The van der Waals surface area contributed by atoms with Crippen LogP contribution >= 0.6 is 11.3 Å². The van der Waals surface area contributed by atoms with Crippen LogP contribution in [0.1, 0.15) is 41.8 Å². The Morgan fingerprint density at radius 1 is 1.16 bits per heavy atom. The summed E-state index contributed by atoms with van der Waals surface area (Å²) in [6, 6.07) is 11.7. The molecule has 0 radical (unpaired) electrons. The molecule has 1 unspecified atom stereocenters. The zero-order valence-electron chi connectivity index (χ0n) is 12.3. The van der Waals surface area contributed by atoms with E-state index >= 15 is 0 Å². The first kappa shape index (κ1) is 14.3. The van der Waals surface area contributed by atoms with Crippen molar-refractivity contribution in [1.82, 2.24) is 5.32 Å². The Kier molecular flexibility index (Phi) is 4.78. The summed E-state index contributed by atoms with van der Waals surface area (Å²) >= 11 is 1.92. The van der Waals surface area contributed by atoms with Gasteiger partial charge in [-0.25, -0.2) is 0 Å². The molecule has 0 amide bonds. The van der Waals surface area contributed by atoms with Crippen molar-refractivity contribution >= 4 is 11.3 Å². The van der Waals surface area contributed by atoms with Gasteiger partial charge >= 0.3 is 0 Å². The molecule has 0 bridgehead atoms. The minimum atomic E-state index is 0.495. The maximum absolute atomic E-state index is 3.42. The Bertz CT molecular complexity index is 542. The van der Waals surface area contributed by atoms with E-state index in [1.165, 1.54) is 39.3 Å². The van der Waals surface area contributed by atoms with Crippen molar-refractivity contribution in [1.29, 1.82) is 0 Å². The molecule has 0 fully saturated rings. The van der Waals surface area contributed by atoms with Gasteiger partial charge in [0.25, 0.3) is 0 Å². The van der Waals surface area contributed by atoms with Crippen molar-refractivity contribution in [3.8, 4) is 10.4 Å². The summed E-state index contributed by atoms with van der Waals surface area (Å²) in [5, 5.41) is 3.42. The predicted molar refractivity (Wildman–Crippen MR) is 85.9 cm³/mol. The van der Waals surface area contributed by atoms with Gasteiger partial charge in [0.2, 0.25) is 0 Å². The van der Waals surface area contributed by atoms with Crippen molar-refractivity contribution in [3.63, 3.8) is 0 Å². The lowest BCUT2D eigenvalue weighted by molar-refractivity contribution is 0.550. The quantitative estimate of drug-likeness (QED) is 0.800. The molecule has 2 rings (SSSR count). The number of aryl methyl sites for hydroxylation is 2. The van der Waals surface area contributed by atoms with Crippen LogP contribution in [-0.4, -0.2) is 7.05 Å². The zero-order valence-corrected chi connectivity index (χ0v) is 13.1. The molecule has 1 atom stereocenters. The summed E-state index contributed by atoms with van der Waals surface area (Å²) < 4.78 is 0. The monoisotopic (exact) mass is 273 g/mol. The molecule has 1 N–H and O–H groups in total. The van der Waals surface area contributed by atoms with E-state index in [1.54, 1.807) is 0 Å². The summed E-state index contributed by atoms with van der Waals surface area (Å²) in [6.45, 7) is 6.58. The first-order valence-corrected chi connectivity index (χ1v) is 7.82. The Morgan fingerprint density at radius 3 is 2.58 bits per heavy atom. The molecule has 0 spiro atoms. The van der Waals surface area contributed by atoms with Crippen LogP contribution in [-0.2, 0) is 0 Å². The van der Waals surface area contributed by atoms with Crippen LogP contribution in [0.2, 0.25) is 0 Å². The van der Waals surface area contributed by atoms with E-state index in [0.29, 0.717) is 6.04 Å².